The predicted molar refractivity (Wildman–Crippen MR) is 287 cm³/mol. The number of ether oxygens (including phenoxy) is 2. The van der Waals surface area contributed by atoms with E-state index in [4.69, 9.17) is 15.2 Å². The van der Waals surface area contributed by atoms with E-state index in [1.165, 1.54) is 55.5 Å². The molecule has 80 heavy (non-hydrogen) atoms. The lowest BCUT2D eigenvalue weighted by Gasteiger charge is -2.37. The maximum Gasteiger partial charge on any atom is 0.407 e. The van der Waals surface area contributed by atoms with Crippen molar-refractivity contribution in [3.05, 3.63) is 94.1 Å². The summed E-state index contributed by atoms with van der Waals surface area (Å²) in [7, 11) is 0. The van der Waals surface area contributed by atoms with E-state index in [-0.39, 0.29) is 96.9 Å². The van der Waals surface area contributed by atoms with E-state index in [2.05, 4.69) is 73.5 Å². The Hall–Kier alpha value is -8.75. The number of epoxide rings is 1. The molecule has 0 aromatic heterocycles. The molecule has 418 valence electrons. The maximum atomic E-state index is 14.3. The minimum atomic E-state index is -1.74. The first-order chi connectivity index (χ1) is 38.1. The number of anilines is 3. The topological polar surface area (TPSA) is 367 Å². The Balaban J connectivity index is 0.833. The summed E-state index contributed by atoms with van der Waals surface area (Å²) in [4.78, 5) is 131. The second kappa shape index (κ2) is 23.7. The first kappa shape index (κ1) is 57.4. The summed E-state index contributed by atoms with van der Waals surface area (Å²) < 4.78 is 11.5. The summed E-state index contributed by atoms with van der Waals surface area (Å²) in [6.07, 6.45) is -0.535. The van der Waals surface area contributed by atoms with Crippen LogP contribution in [0.3, 0.4) is 0 Å². The number of benzene rings is 3. The number of urea groups is 1. The minimum absolute atomic E-state index is 0.0187. The number of hydrogen-bond acceptors (Lipinski definition) is 17. The van der Waals surface area contributed by atoms with E-state index in [1.807, 2.05) is 0 Å². The number of aliphatic hydroxyl groups is 2. The molecular formula is C55H57N9O15S. The molecule has 2 bridgehead atoms. The highest BCUT2D eigenvalue weighted by Gasteiger charge is 2.82. The number of rotatable bonds is 20. The van der Waals surface area contributed by atoms with Crippen LogP contribution >= 0.6 is 12.6 Å². The molecule has 25 heteroatoms. The summed E-state index contributed by atoms with van der Waals surface area (Å²) in [5.41, 5.74) is 2.16. The number of nitrogens with one attached hydrogen (secondary N) is 7. The first-order valence-electron chi connectivity index (χ1n) is 25.5. The molecular weight excluding hydrogens is 1060 g/mol. The molecule has 2 fully saturated rings. The molecule has 9 amide bonds. The van der Waals surface area contributed by atoms with E-state index in [1.54, 1.807) is 26.0 Å². The van der Waals surface area contributed by atoms with Gasteiger partial charge < -0.3 is 67.7 Å². The third kappa shape index (κ3) is 11.5. The van der Waals surface area contributed by atoms with E-state index in [0.717, 1.165) is 4.90 Å². The van der Waals surface area contributed by atoms with Gasteiger partial charge in [-0.3, -0.25) is 43.3 Å². The summed E-state index contributed by atoms with van der Waals surface area (Å²) in [5.74, 6) is 5.34. The minimum Gasteiger partial charge on any atom is -0.507 e. The van der Waals surface area contributed by atoms with Gasteiger partial charge in [0.1, 0.15) is 37.0 Å². The van der Waals surface area contributed by atoms with Gasteiger partial charge in [-0.25, -0.2) is 9.59 Å². The number of fused-ring (bicyclic) bond motifs is 4. The lowest BCUT2D eigenvalue weighted by Crippen LogP contribution is -2.54. The second-order valence-corrected chi connectivity index (χ2v) is 20.5. The molecule has 2 saturated heterocycles. The standard InChI is InChI=1S/C55H57N9O15S/c1-27(2)45(63-40(68)13-9-21-64-42(70)24-37(80)51(64)75)50(74)61-35(10-8-20-57-52(56)76)49(73)60-30-16-14-29(15-17-30)26-78-53(77)58-25-41(69)59-31-18-19-32-33(22-31)48(72)43-36(66)23-34-46(44(43)47(32)71)62-38-11-6-4-5-7-12-39(67)55(34)54(38,79-55)28(3)65/h4-5,14-19,22-23,27-28,35,37-39,45,62,65-67,80H,8-10,13,20-21,24-26H2,1-3H3,(H,58,77)(H,59,69)(H,60,73)(H,61,74)(H,63,68)(H3,56,57,76)/b5-4-/t28-,35+,37?,38+,39-,45+,54+,55+/m1/s1. The largest absolute Gasteiger partial charge is 0.507 e. The normalized spacial score (nSPS) is 22.3. The summed E-state index contributed by atoms with van der Waals surface area (Å²) in [6, 6.07) is 7.28. The molecule has 3 heterocycles. The number of carbonyl (C=O) groups is 10. The van der Waals surface area contributed by atoms with Gasteiger partial charge >= 0.3 is 12.1 Å². The Morgan fingerprint density at radius 2 is 1.57 bits per heavy atom. The number of ketones is 2. The number of hydrogen-bond donors (Lipinski definition) is 12. The van der Waals surface area contributed by atoms with Crippen LogP contribution in [0.5, 0.6) is 5.75 Å². The fourth-order valence-corrected chi connectivity index (χ4v) is 10.4. The number of phenolic OH excluding ortho intramolecular Hbond substituents is 1. The molecule has 2 aliphatic carbocycles. The van der Waals surface area contributed by atoms with E-state index < -0.39 is 118 Å². The quantitative estimate of drug-likeness (QED) is 0.0146. The highest BCUT2D eigenvalue weighted by molar-refractivity contribution is 7.81. The van der Waals surface area contributed by atoms with Crippen LogP contribution in [-0.4, -0.2) is 140 Å². The number of carbonyl (C=O) groups excluding carboxylic acids is 10. The van der Waals surface area contributed by atoms with E-state index in [9.17, 15) is 63.3 Å². The summed E-state index contributed by atoms with van der Waals surface area (Å²) >= 11 is 4.10. The van der Waals surface area contributed by atoms with Gasteiger partial charge in [0.25, 0.3) is 0 Å². The molecule has 3 aromatic rings. The third-order valence-electron chi connectivity index (χ3n) is 14.1. The number of aromatic hydroxyl groups is 1. The number of nitrogens with zero attached hydrogens (tertiary/aromatic N) is 1. The van der Waals surface area contributed by atoms with Crippen LogP contribution in [0.1, 0.15) is 95.8 Å². The predicted octanol–water partition coefficient (Wildman–Crippen LogP) is 0.959. The zero-order valence-corrected chi connectivity index (χ0v) is 44.3. The fourth-order valence-electron chi connectivity index (χ4n) is 10.1. The molecule has 8 rings (SSSR count). The number of phenols is 1. The van der Waals surface area contributed by atoms with Gasteiger partial charge in [0.05, 0.1) is 28.2 Å². The first-order valence-corrected chi connectivity index (χ1v) is 26.0. The number of alkyl carbamates (subject to hydrolysis) is 1. The molecule has 0 spiro atoms. The van der Waals surface area contributed by atoms with Crippen LogP contribution in [0.4, 0.5) is 26.7 Å². The SMILES string of the molecule is CC(C)[C@H](NC(=O)CCCN1C(=O)CC(S)C1=O)C(=O)N[C@@H](CCCNC(N)=O)C(=O)Nc1ccc(COC(=O)NCC(=O)Nc2ccc3c(c2)C(=O)c2c(O)cc4c(c2C3=O)N[C@H]2C#C/C=C\C#C[C@@H](O)[C@@]43O[C@@]23[C@@H](C)O)cc1. The number of amides is 9. The zero-order valence-electron chi connectivity index (χ0n) is 43.4. The molecule has 12 N–H and O–H groups in total. The molecule has 5 aliphatic rings. The van der Waals surface area contributed by atoms with Crippen LogP contribution in [0.2, 0.25) is 0 Å². The van der Waals surface area contributed by atoms with Crippen molar-refractivity contribution in [3.8, 4) is 29.4 Å². The van der Waals surface area contributed by atoms with Gasteiger partial charge in [-0.1, -0.05) is 49.7 Å². The van der Waals surface area contributed by atoms with Crippen molar-refractivity contribution in [1.82, 2.24) is 26.2 Å². The van der Waals surface area contributed by atoms with Crippen LogP contribution in [-0.2, 0) is 50.4 Å². The average Bonchev–Trinajstić information content (AvgIpc) is 4.10. The lowest BCUT2D eigenvalue weighted by atomic mass is 9.69. The van der Waals surface area contributed by atoms with Gasteiger partial charge in [-0.2, -0.15) is 12.6 Å². The number of primary amides is 1. The van der Waals surface area contributed by atoms with Crippen molar-refractivity contribution in [2.45, 2.75) is 106 Å². The van der Waals surface area contributed by atoms with Crippen LogP contribution < -0.4 is 43.0 Å². The van der Waals surface area contributed by atoms with Crippen molar-refractivity contribution in [2.75, 3.05) is 35.6 Å². The fraction of sp³-hybridized carbons (Fsp3) is 0.382. The number of aliphatic hydroxyl groups excluding tert-OH is 2. The Labute approximate surface area is 463 Å². The number of nitrogens with two attached hydrogens (primary N) is 1. The second-order valence-electron chi connectivity index (χ2n) is 19.8. The zero-order chi connectivity index (χ0) is 57.8. The highest BCUT2D eigenvalue weighted by Crippen LogP contribution is 2.67. The number of imide groups is 1. The van der Waals surface area contributed by atoms with Gasteiger partial charge in [0.2, 0.25) is 35.4 Å². The van der Waals surface area contributed by atoms with Crippen LogP contribution in [0.25, 0.3) is 0 Å². The van der Waals surface area contributed by atoms with Gasteiger partial charge in [0, 0.05) is 54.0 Å². The van der Waals surface area contributed by atoms with Crippen molar-refractivity contribution in [3.63, 3.8) is 0 Å². The lowest BCUT2D eigenvalue weighted by molar-refractivity contribution is -0.138. The van der Waals surface area contributed by atoms with Crippen molar-refractivity contribution < 1.29 is 72.7 Å². The molecule has 24 nitrogen and oxygen atoms in total. The van der Waals surface area contributed by atoms with Crippen molar-refractivity contribution in [1.29, 1.82) is 0 Å². The van der Waals surface area contributed by atoms with Gasteiger partial charge in [-0.05, 0) is 86.2 Å². The van der Waals surface area contributed by atoms with Crippen molar-refractivity contribution in [2.24, 2.45) is 11.7 Å². The molecule has 0 saturated carbocycles. The summed E-state index contributed by atoms with van der Waals surface area (Å²) in [5, 5.41) is 51.6. The number of likely N-dealkylation sites (tertiary alicyclic amines) is 1. The smallest absolute Gasteiger partial charge is 0.407 e. The van der Waals surface area contributed by atoms with Gasteiger partial charge in [-0.15, -0.1) is 0 Å². The van der Waals surface area contributed by atoms with E-state index >= 15 is 0 Å². The Morgan fingerprint density at radius 3 is 2.25 bits per heavy atom. The molecule has 0 radical (unpaired) electrons. The Morgan fingerprint density at radius 1 is 0.875 bits per heavy atom. The van der Waals surface area contributed by atoms with E-state index in [0.29, 0.717) is 11.3 Å². The van der Waals surface area contributed by atoms with Gasteiger partial charge in [0.15, 0.2) is 28.9 Å². The molecule has 3 aromatic carbocycles. The van der Waals surface area contributed by atoms with Crippen LogP contribution in [0, 0.1) is 29.6 Å². The Bertz CT molecular complexity index is 3270. The molecule has 1 unspecified atom stereocenters. The highest BCUT2D eigenvalue weighted by atomic mass is 32.1. The van der Waals surface area contributed by atoms with Crippen molar-refractivity contribution >= 4 is 88.8 Å². The number of allylic oxidation sites excluding steroid dienone is 2. The maximum absolute atomic E-state index is 14.3. The summed E-state index contributed by atoms with van der Waals surface area (Å²) in [6.45, 7) is 4.13. The Kier molecular flexibility index (Phi) is 17.0. The monoisotopic (exact) mass is 1120 g/mol. The third-order valence-corrected chi connectivity index (χ3v) is 14.5. The molecule has 8 atom stereocenters. The average molecular weight is 1120 g/mol. The number of thiol groups is 1. The van der Waals surface area contributed by atoms with Crippen LogP contribution in [0.15, 0.2) is 60.7 Å². The molecule has 3 aliphatic heterocycles.